The molecular weight excluding hydrogens is 399 g/mol. The first-order valence-corrected chi connectivity index (χ1v) is 9.33. The fourth-order valence-electron chi connectivity index (χ4n) is 3.29. The van der Waals surface area contributed by atoms with E-state index in [2.05, 4.69) is 30.5 Å². The summed E-state index contributed by atoms with van der Waals surface area (Å²) in [4.78, 5) is 13.1. The lowest BCUT2D eigenvalue weighted by molar-refractivity contribution is 0.171. The van der Waals surface area contributed by atoms with Crippen LogP contribution in [0.25, 0.3) is 16.7 Å². The van der Waals surface area contributed by atoms with Crippen molar-refractivity contribution in [2.75, 3.05) is 11.9 Å². The van der Waals surface area contributed by atoms with Crippen molar-refractivity contribution in [3.05, 3.63) is 41.1 Å². The minimum absolute atomic E-state index is 0.0452. The average Bonchev–Trinajstić information content (AvgIpc) is 3.17. The van der Waals surface area contributed by atoms with Gasteiger partial charge in [0.15, 0.2) is 17.0 Å². The van der Waals surface area contributed by atoms with Gasteiger partial charge in [-0.1, -0.05) is 11.6 Å². The Morgan fingerprint density at radius 2 is 2.14 bits per heavy atom. The van der Waals surface area contributed by atoms with Crippen molar-refractivity contribution < 1.29 is 9.13 Å². The van der Waals surface area contributed by atoms with E-state index in [0.717, 1.165) is 17.1 Å². The lowest BCUT2D eigenvalue weighted by Gasteiger charge is -2.09. The SMILES string of the molecule is Cc1ncccc1-n1nc2c(c1C)Nc1ncc3c(Cl)nn(c3n1)C[C@H](F)CO2. The molecule has 5 heterocycles. The van der Waals surface area contributed by atoms with Gasteiger partial charge in [0.05, 0.1) is 29.0 Å². The van der Waals surface area contributed by atoms with Crippen LogP contribution < -0.4 is 10.1 Å². The number of ether oxygens (including phenoxy) is 1. The molecule has 0 aromatic carbocycles. The fraction of sp³-hybridized carbons (Fsp3) is 0.278. The van der Waals surface area contributed by atoms with Gasteiger partial charge in [-0.15, -0.1) is 5.10 Å². The second kappa shape index (κ2) is 6.66. The number of aryl methyl sites for hydroxylation is 1. The molecule has 1 N–H and O–H groups in total. The standard InChI is InChI=1S/C18H16ClFN8O/c1-9-13(4-3-5-21-9)28-10(2)14-17(26-28)29-8-11(20)7-27-16-12(15(19)25-27)6-22-18(23-14)24-16/h3-6,11H,7-8H2,1-2H3,(H,22,23,24)/t11-/m0/s1. The van der Waals surface area contributed by atoms with Gasteiger partial charge in [0.25, 0.3) is 5.88 Å². The van der Waals surface area contributed by atoms with E-state index in [4.69, 9.17) is 16.3 Å². The van der Waals surface area contributed by atoms with Crippen molar-refractivity contribution in [1.29, 1.82) is 0 Å². The molecule has 0 amide bonds. The molecule has 29 heavy (non-hydrogen) atoms. The predicted molar refractivity (Wildman–Crippen MR) is 105 cm³/mol. The van der Waals surface area contributed by atoms with Crippen molar-refractivity contribution in [2.24, 2.45) is 0 Å². The first-order chi connectivity index (χ1) is 14.0. The number of nitrogens with one attached hydrogen (secondary N) is 1. The Morgan fingerprint density at radius 1 is 1.28 bits per heavy atom. The fourth-order valence-corrected chi connectivity index (χ4v) is 3.51. The second-order valence-electron chi connectivity index (χ2n) is 6.72. The van der Waals surface area contributed by atoms with E-state index in [1.807, 2.05) is 26.0 Å². The second-order valence-corrected chi connectivity index (χ2v) is 7.08. The molecule has 5 rings (SSSR count). The minimum atomic E-state index is -1.33. The van der Waals surface area contributed by atoms with Crippen LogP contribution in [-0.2, 0) is 6.54 Å². The lowest BCUT2D eigenvalue weighted by Crippen LogP contribution is -2.20. The Kier molecular flexibility index (Phi) is 4.09. The molecule has 148 valence electrons. The Hall–Kier alpha value is -3.27. The molecule has 0 spiro atoms. The molecule has 4 aromatic heterocycles. The summed E-state index contributed by atoms with van der Waals surface area (Å²) < 4.78 is 23.5. The number of alkyl halides is 1. The van der Waals surface area contributed by atoms with Crippen LogP contribution in [0, 0.1) is 13.8 Å². The van der Waals surface area contributed by atoms with E-state index in [9.17, 15) is 4.39 Å². The molecule has 2 bridgehead atoms. The summed E-state index contributed by atoms with van der Waals surface area (Å²) in [5.74, 6) is 0.567. The normalized spacial score (nSPS) is 16.2. The van der Waals surface area contributed by atoms with E-state index < -0.39 is 6.17 Å². The van der Waals surface area contributed by atoms with E-state index in [-0.39, 0.29) is 24.2 Å². The summed E-state index contributed by atoms with van der Waals surface area (Å²) in [6.07, 6.45) is 1.95. The van der Waals surface area contributed by atoms with Crippen LogP contribution in [0.3, 0.4) is 0 Å². The molecule has 0 fully saturated rings. The summed E-state index contributed by atoms with van der Waals surface area (Å²) in [7, 11) is 0. The minimum Gasteiger partial charge on any atom is -0.472 e. The maximum Gasteiger partial charge on any atom is 0.257 e. The van der Waals surface area contributed by atoms with Crippen molar-refractivity contribution in [2.45, 2.75) is 26.6 Å². The predicted octanol–water partition coefficient (Wildman–Crippen LogP) is 3.15. The molecule has 1 aliphatic heterocycles. The highest BCUT2D eigenvalue weighted by Crippen LogP contribution is 2.33. The summed E-state index contributed by atoms with van der Waals surface area (Å²) in [6.45, 7) is 3.53. The number of anilines is 2. The van der Waals surface area contributed by atoms with Crippen LogP contribution >= 0.6 is 11.6 Å². The highest BCUT2D eigenvalue weighted by molar-refractivity contribution is 6.34. The zero-order chi connectivity index (χ0) is 20.1. The molecule has 1 aliphatic rings. The first-order valence-electron chi connectivity index (χ1n) is 8.96. The van der Waals surface area contributed by atoms with Gasteiger partial charge in [-0.25, -0.2) is 18.7 Å². The van der Waals surface area contributed by atoms with E-state index in [1.54, 1.807) is 17.1 Å². The van der Waals surface area contributed by atoms with Crippen LogP contribution in [-0.4, -0.2) is 47.3 Å². The Bertz CT molecular complexity index is 1240. The van der Waals surface area contributed by atoms with Gasteiger partial charge >= 0.3 is 0 Å². The zero-order valence-electron chi connectivity index (χ0n) is 15.6. The molecule has 11 heteroatoms. The zero-order valence-corrected chi connectivity index (χ0v) is 16.4. The van der Waals surface area contributed by atoms with Gasteiger partial charge < -0.3 is 10.1 Å². The quantitative estimate of drug-likeness (QED) is 0.511. The molecule has 0 radical (unpaired) electrons. The summed E-state index contributed by atoms with van der Waals surface area (Å²) in [6, 6.07) is 3.73. The highest BCUT2D eigenvalue weighted by atomic mass is 35.5. The number of hydrogen-bond donors (Lipinski definition) is 1. The third-order valence-corrected chi connectivity index (χ3v) is 5.02. The van der Waals surface area contributed by atoms with Crippen LogP contribution in [0.1, 0.15) is 11.4 Å². The van der Waals surface area contributed by atoms with E-state index in [0.29, 0.717) is 22.7 Å². The van der Waals surface area contributed by atoms with Crippen molar-refractivity contribution in [1.82, 2.24) is 34.5 Å². The van der Waals surface area contributed by atoms with Gasteiger partial charge in [-0.05, 0) is 26.0 Å². The summed E-state index contributed by atoms with van der Waals surface area (Å²) in [5.41, 5.74) is 3.36. The maximum absolute atomic E-state index is 14.6. The van der Waals surface area contributed by atoms with Crippen LogP contribution in [0.2, 0.25) is 5.15 Å². The molecule has 0 saturated heterocycles. The van der Waals surface area contributed by atoms with Gasteiger partial charge in [-0.3, -0.25) is 4.98 Å². The number of nitrogens with zero attached hydrogens (tertiary/aromatic N) is 7. The topological polar surface area (TPSA) is 95.6 Å². The molecule has 4 aromatic rings. The Labute approximate surface area is 169 Å². The maximum atomic E-state index is 14.6. The Balaban J connectivity index is 1.67. The lowest BCUT2D eigenvalue weighted by atomic mass is 10.3. The number of fused-ring (bicyclic) bond motifs is 2. The van der Waals surface area contributed by atoms with Gasteiger partial charge in [-0.2, -0.15) is 10.1 Å². The van der Waals surface area contributed by atoms with Gasteiger partial charge in [0, 0.05) is 12.4 Å². The van der Waals surface area contributed by atoms with E-state index in [1.165, 1.54) is 4.68 Å². The van der Waals surface area contributed by atoms with Gasteiger partial charge in [0.2, 0.25) is 5.95 Å². The molecule has 1 atom stereocenters. The van der Waals surface area contributed by atoms with Crippen molar-refractivity contribution >= 4 is 34.3 Å². The molecule has 0 unspecified atom stereocenters. The monoisotopic (exact) mass is 414 g/mol. The number of pyridine rings is 1. The molecule has 9 nitrogen and oxygen atoms in total. The van der Waals surface area contributed by atoms with Crippen molar-refractivity contribution in [3.8, 4) is 11.6 Å². The Morgan fingerprint density at radius 3 is 2.97 bits per heavy atom. The van der Waals surface area contributed by atoms with Crippen LogP contribution in [0.4, 0.5) is 16.0 Å². The van der Waals surface area contributed by atoms with Gasteiger partial charge in [0.1, 0.15) is 12.3 Å². The third kappa shape index (κ3) is 2.96. The summed E-state index contributed by atoms with van der Waals surface area (Å²) in [5, 5.41) is 12.6. The molecular formula is C18H16ClFN8O. The highest BCUT2D eigenvalue weighted by Gasteiger charge is 2.23. The van der Waals surface area contributed by atoms with Crippen LogP contribution in [0.15, 0.2) is 24.5 Å². The average molecular weight is 415 g/mol. The van der Waals surface area contributed by atoms with E-state index >= 15 is 0 Å². The smallest absolute Gasteiger partial charge is 0.257 e. The largest absolute Gasteiger partial charge is 0.472 e. The third-order valence-electron chi connectivity index (χ3n) is 4.74. The number of aromatic nitrogens is 7. The first kappa shape index (κ1) is 17.8. The molecule has 0 aliphatic carbocycles. The van der Waals surface area contributed by atoms with Crippen LogP contribution in [0.5, 0.6) is 5.88 Å². The number of hydrogen-bond acceptors (Lipinski definition) is 7. The number of rotatable bonds is 1. The van der Waals surface area contributed by atoms with Crippen molar-refractivity contribution in [3.63, 3.8) is 0 Å². The number of halogens is 2. The molecule has 0 saturated carbocycles. The summed E-state index contributed by atoms with van der Waals surface area (Å²) >= 11 is 6.13.